The van der Waals surface area contributed by atoms with Gasteiger partial charge < -0.3 is 14.6 Å². The average molecular weight is 437 g/mol. The summed E-state index contributed by atoms with van der Waals surface area (Å²) in [6.07, 6.45) is 0. The van der Waals surface area contributed by atoms with Gasteiger partial charge in [-0.05, 0) is 49.4 Å². The Labute approximate surface area is 177 Å². The van der Waals surface area contributed by atoms with Crippen LogP contribution in [0.25, 0.3) is 11.4 Å². The fourth-order valence-corrected chi connectivity index (χ4v) is 3.52. The van der Waals surface area contributed by atoms with Crippen LogP contribution in [0, 0.1) is 0 Å². The molecule has 1 amide bonds. The Hall–Kier alpha value is -2.22. The van der Waals surface area contributed by atoms with Crippen molar-refractivity contribution in [2.24, 2.45) is 7.05 Å². The number of carbonyl (C=O) groups is 1. The first-order valence-corrected chi connectivity index (χ1v) is 10.2. The van der Waals surface area contributed by atoms with Crippen LogP contribution in [-0.2, 0) is 11.8 Å². The summed E-state index contributed by atoms with van der Waals surface area (Å²) in [5.74, 6) is 1.47. The minimum absolute atomic E-state index is 0.165. The van der Waals surface area contributed by atoms with Gasteiger partial charge in [-0.2, -0.15) is 0 Å². The molecule has 146 valence electrons. The minimum Gasteiger partial charge on any atom is -0.494 e. The number of nitrogens with one attached hydrogen (secondary N) is 1. The summed E-state index contributed by atoms with van der Waals surface area (Å²) in [5.41, 5.74) is 1.40. The van der Waals surface area contributed by atoms with Crippen molar-refractivity contribution in [2.75, 3.05) is 17.7 Å². The van der Waals surface area contributed by atoms with Gasteiger partial charge in [0.1, 0.15) is 5.75 Å². The number of hydrogen-bond acceptors (Lipinski definition) is 5. The highest BCUT2D eigenvalue weighted by atomic mass is 35.5. The molecule has 0 unspecified atom stereocenters. The van der Waals surface area contributed by atoms with Gasteiger partial charge in [-0.25, -0.2) is 0 Å². The standard InChI is InChI=1S/C19H18Cl2N4O2S/c1-3-27-14-7-4-12(5-8-14)18-23-24-19(25(18)2)28-11-17(26)22-16-10-13(20)6-9-15(16)21/h4-10H,3,11H2,1-2H3,(H,22,26). The zero-order valence-corrected chi connectivity index (χ0v) is 17.6. The van der Waals surface area contributed by atoms with Crippen molar-refractivity contribution in [3.63, 3.8) is 0 Å². The lowest BCUT2D eigenvalue weighted by Crippen LogP contribution is -2.14. The van der Waals surface area contributed by atoms with E-state index in [2.05, 4.69) is 15.5 Å². The van der Waals surface area contributed by atoms with Crippen molar-refractivity contribution in [3.05, 3.63) is 52.5 Å². The SMILES string of the molecule is CCOc1ccc(-c2nnc(SCC(=O)Nc3cc(Cl)ccc3Cl)n2C)cc1. The van der Waals surface area contributed by atoms with Gasteiger partial charge in [0.25, 0.3) is 0 Å². The number of thioether (sulfide) groups is 1. The summed E-state index contributed by atoms with van der Waals surface area (Å²) < 4.78 is 7.30. The van der Waals surface area contributed by atoms with Gasteiger partial charge in [0.05, 0.1) is 23.1 Å². The summed E-state index contributed by atoms with van der Waals surface area (Å²) in [4.78, 5) is 12.2. The molecule has 0 aliphatic carbocycles. The molecule has 0 aliphatic rings. The fourth-order valence-electron chi connectivity index (χ4n) is 2.47. The lowest BCUT2D eigenvalue weighted by atomic mass is 10.2. The van der Waals surface area contributed by atoms with E-state index in [0.717, 1.165) is 11.3 Å². The Bertz CT molecular complexity index is 977. The first kappa shape index (κ1) is 20.5. The number of rotatable bonds is 7. The number of hydrogen-bond donors (Lipinski definition) is 1. The first-order valence-electron chi connectivity index (χ1n) is 8.48. The molecule has 0 saturated carbocycles. The number of carbonyl (C=O) groups excluding carboxylic acids is 1. The van der Waals surface area contributed by atoms with Gasteiger partial charge in [-0.3, -0.25) is 4.79 Å². The first-order chi connectivity index (χ1) is 13.5. The molecule has 0 radical (unpaired) electrons. The average Bonchev–Trinajstić information content (AvgIpc) is 3.04. The second-order valence-electron chi connectivity index (χ2n) is 5.78. The summed E-state index contributed by atoms with van der Waals surface area (Å²) in [7, 11) is 1.86. The minimum atomic E-state index is -0.209. The van der Waals surface area contributed by atoms with Crippen LogP contribution in [0.15, 0.2) is 47.6 Å². The van der Waals surface area contributed by atoms with Crippen molar-refractivity contribution < 1.29 is 9.53 Å². The fraction of sp³-hybridized carbons (Fsp3) is 0.211. The van der Waals surface area contributed by atoms with Gasteiger partial charge in [0.15, 0.2) is 11.0 Å². The van der Waals surface area contributed by atoms with Gasteiger partial charge in [-0.15, -0.1) is 10.2 Å². The van der Waals surface area contributed by atoms with Gasteiger partial charge >= 0.3 is 0 Å². The molecule has 1 aromatic heterocycles. The zero-order valence-electron chi connectivity index (χ0n) is 15.3. The van der Waals surface area contributed by atoms with E-state index in [4.69, 9.17) is 27.9 Å². The molecule has 0 atom stereocenters. The number of nitrogens with zero attached hydrogens (tertiary/aromatic N) is 3. The molecule has 0 spiro atoms. The quantitative estimate of drug-likeness (QED) is 0.532. The lowest BCUT2D eigenvalue weighted by molar-refractivity contribution is -0.113. The van der Waals surface area contributed by atoms with E-state index in [1.807, 2.05) is 42.8 Å². The molecule has 0 fully saturated rings. The van der Waals surface area contributed by atoms with E-state index >= 15 is 0 Å². The third-order valence-corrected chi connectivity index (χ3v) is 5.38. The maximum atomic E-state index is 12.2. The topological polar surface area (TPSA) is 69.0 Å². The number of anilines is 1. The second-order valence-corrected chi connectivity index (χ2v) is 7.57. The largest absolute Gasteiger partial charge is 0.494 e. The Morgan fingerprint density at radius 3 is 2.64 bits per heavy atom. The number of benzene rings is 2. The molecule has 3 aromatic rings. The third-order valence-electron chi connectivity index (χ3n) is 3.79. The van der Waals surface area contributed by atoms with Crippen LogP contribution in [0.1, 0.15) is 6.92 Å². The Balaban J connectivity index is 1.64. The predicted molar refractivity (Wildman–Crippen MR) is 113 cm³/mol. The zero-order chi connectivity index (χ0) is 20.1. The summed E-state index contributed by atoms with van der Waals surface area (Å²) in [6, 6.07) is 12.5. The van der Waals surface area contributed by atoms with Crippen LogP contribution >= 0.6 is 35.0 Å². The van der Waals surface area contributed by atoms with Gasteiger partial charge in [-0.1, -0.05) is 35.0 Å². The van der Waals surface area contributed by atoms with E-state index in [1.54, 1.807) is 18.2 Å². The molecule has 9 heteroatoms. The second kappa shape index (κ2) is 9.32. The Kier molecular flexibility index (Phi) is 6.83. The highest BCUT2D eigenvalue weighted by molar-refractivity contribution is 7.99. The molecule has 6 nitrogen and oxygen atoms in total. The highest BCUT2D eigenvalue weighted by Gasteiger charge is 2.14. The summed E-state index contributed by atoms with van der Waals surface area (Å²) >= 11 is 13.3. The molecular formula is C19H18Cl2N4O2S. The third kappa shape index (κ3) is 4.98. The number of amides is 1. The molecule has 2 aromatic carbocycles. The van der Waals surface area contributed by atoms with Crippen LogP contribution in [0.5, 0.6) is 5.75 Å². The summed E-state index contributed by atoms with van der Waals surface area (Å²) in [6.45, 7) is 2.56. The number of ether oxygens (including phenoxy) is 1. The van der Waals surface area contributed by atoms with Crippen LogP contribution in [-0.4, -0.2) is 33.0 Å². The van der Waals surface area contributed by atoms with Crippen molar-refractivity contribution in [2.45, 2.75) is 12.1 Å². The maximum absolute atomic E-state index is 12.2. The highest BCUT2D eigenvalue weighted by Crippen LogP contribution is 2.27. The monoisotopic (exact) mass is 436 g/mol. The van der Waals surface area contributed by atoms with Crippen molar-refractivity contribution in [1.29, 1.82) is 0 Å². The normalized spacial score (nSPS) is 10.7. The van der Waals surface area contributed by atoms with E-state index in [1.165, 1.54) is 11.8 Å². The number of halogens is 2. The lowest BCUT2D eigenvalue weighted by Gasteiger charge is -2.08. The summed E-state index contributed by atoms with van der Waals surface area (Å²) in [5, 5.41) is 12.7. The molecular weight excluding hydrogens is 419 g/mol. The van der Waals surface area contributed by atoms with Crippen LogP contribution < -0.4 is 10.1 Å². The van der Waals surface area contributed by atoms with Crippen LogP contribution in [0.2, 0.25) is 10.0 Å². The van der Waals surface area contributed by atoms with Crippen molar-refractivity contribution in [3.8, 4) is 17.1 Å². The Morgan fingerprint density at radius 1 is 1.18 bits per heavy atom. The van der Waals surface area contributed by atoms with E-state index < -0.39 is 0 Å². The molecule has 1 N–H and O–H groups in total. The van der Waals surface area contributed by atoms with E-state index in [9.17, 15) is 4.79 Å². The maximum Gasteiger partial charge on any atom is 0.234 e. The molecule has 28 heavy (non-hydrogen) atoms. The predicted octanol–water partition coefficient (Wildman–Crippen LogP) is 4.92. The van der Waals surface area contributed by atoms with Gasteiger partial charge in [0, 0.05) is 17.6 Å². The molecule has 0 saturated heterocycles. The smallest absolute Gasteiger partial charge is 0.234 e. The van der Waals surface area contributed by atoms with E-state index in [0.29, 0.717) is 33.3 Å². The molecule has 3 rings (SSSR count). The Morgan fingerprint density at radius 2 is 1.93 bits per heavy atom. The van der Waals surface area contributed by atoms with E-state index in [-0.39, 0.29) is 11.7 Å². The number of aromatic nitrogens is 3. The molecule has 0 bridgehead atoms. The van der Waals surface area contributed by atoms with Crippen molar-refractivity contribution in [1.82, 2.24) is 14.8 Å². The van der Waals surface area contributed by atoms with Crippen molar-refractivity contribution >= 4 is 46.6 Å². The van der Waals surface area contributed by atoms with Gasteiger partial charge in [0.2, 0.25) is 5.91 Å². The van der Waals surface area contributed by atoms with Crippen LogP contribution in [0.4, 0.5) is 5.69 Å². The molecule has 0 aliphatic heterocycles. The van der Waals surface area contributed by atoms with Crippen LogP contribution in [0.3, 0.4) is 0 Å². The molecule has 1 heterocycles.